The summed E-state index contributed by atoms with van der Waals surface area (Å²) in [6.07, 6.45) is 1.31. The van der Waals surface area contributed by atoms with Crippen LogP contribution < -0.4 is 9.47 Å². The monoisotopic (exact) mass is 551 g/mol. The number of aromatic nitrogens is 2. The average molecular weight is 553 g/mol. The molecule has 0 radical (unpaired) electrons. The molecule has 8 heteroatoms. The lowest BCUT2D eigenvalue weighted by molar-refractivity contribution is 0.138. The van der Waals surface area contributed by atoms with Crippen molar-refractivity contribution in [2.75, 3.05) is 27.8 Å². The maximum Gasteiger partial charge on any atom is 0.216 e. The number of aryl methyl sites for hydroxylation is 1. The third-order valence-corrected chi connectivity index (χ3v) is 7.06. The zero-order valence-corrected chi connectivity index (χ0v) is 23.6. The normalized spacial score (nSPS) is 12.0. The maximum absolute atomic E-state index is 9.69. The van der Waals surface area contributed by atoms with Crippen molar-refractivity contribution in [2.45, 2.75) is 26.5 Å². The van der Waals surface area contributed by atoms with Gasteiger partial charge in [0.2, 0.25) is 5.88 Å². The van der Waals surface area contributed by atoms with E-state index in [2.05, 4.69) is 9.97 Å². The molecule has 0 unspecified atom stereocenters. The number of hydrogen-bond donors (Lipinski definition) is 1. The lowest BCUT2D eigenvalue weighted by Crippen LogP contribution is -2.26. The Bertz CT molecular complexity index is 1440. The molecular weight excluding hydrogens is 521 g/mol. The fraction of sp³-hybridized carbons (Fsp3) is 0.267. The number of aliphatic hydroxyl groups excluding tert-OH is 1. The number of aliphatic hydroxyl groups is 1. The van der Waals surface area contributed by atoms with Crippen molar-refractivity contribution in [1.29, 1.82) is 0 Å². The highest BCUT2D eigenvalue weighted by Crippen LogP contribution is 2.42. The van der Waals surface area contributed by atoms with E-state index < -0.39 is 6.10 Å². The summed E-state index contributed by atoms with van der Waals surface area (Å²) in [7, 11) is 5.20. The topological polar surface area (TPSA) is 67.7 Å². The van der Waals surface area contributed by atoms with Crippen LogP contribution in [0.15, 0.2) is 60.8 Å². The molecule has 0 bridgehead atoms. The van der Waals surface area contributed by atoms with Crippen LogP contribution in [0.5, 0.6) is 11.6 Å². The summed E-state index contributed by atoms with van der Waals surface area (Å²) in [5, 5.41) is 10.7. The summed E-state index contributed by atoms with van der Waals surface area (Å²) >= 11 is 13.9. The highest BCUT2D eigenvalue weighted by Gasteiger charge is 2.18. The van der Waals surface area contributed by atoms with Gasteiger partial charge in [-0.15, -0.1) is 0 Å². The van der Waals surface area contributed by atoms with E-state index in [0.29, 0.717) is 40.4 Å². The van der Waals surface area contributed by atoms with Gasteiger partial charge in [-0.2, -0.15) is 0 Å². The number of ether oxygens (including phenoxy) is 2. The van der Waals surface area contributed by atoms with Crippen LogP contribution in [-0.2, 0) is 6.54 Å². The standard InChI is InChI=1S/C30H31Cl2N3O3/c1-18-9-12-25(34-30(18)38-5)24-8-6-7-22(27(24)31)23-13-14-33-29(28(23)32)20-10-11-21(26(15-20)37-4)17-35(3)16-19(2)36/h6-15,19,36H,16-17H2,1-5H3/t19-/m0/s1. The van der Waals surface area contributed by atoms with Gasteiger partial charge in [-0.25, -0.2) is 4.98 Å². The third kappa shape index (κ3) is 5.94. The lowest BCUT2D eigenvalue weighted by atomic mass is 9.99. The first kappa shape index (κ1) is 27.9. The van der Waals surface area contributed by atoms with Crippen LogP contribution >= 0.6 is 23.2 Å². The number of likely N-dealkylation sites (N-methyl/N-ethyl adjacent to an activating group) is 1. The van der Waals surface area contributed by atoms with Gasteiger partial charge in [0.25, 0.3) is 0 Å². The van der Waals surface area contributed by atoms with Crippen molar-refractivity contribution in [3.8, 4) is 45.3 Å². The highest BCUT2D eigenvalue weighted by atomic mass is 35.5. The van der Waals surface area contributed by atoms with Crippen LogP contribution in [0.1, 0.15) is 18.1 Å². The van der Waals surface area contributed by atoms with Gasteiger partial charge in [-0.3, -0.25) is 9.88 Å². The Kier molecular flexibility index (Phi) is 8.90. The largest absolute Gasteiger partial charge is 0.496 e. The van der Waals surface area contributed by atoms with Gasteiger partial charge < -0.3 is 14.6 Å². The third-order valence-electron chi connectivity index (χ3n) is 6.27. The molecule has 0 spiro atoms. The molecule has 198 valence electrons. The number of benzene rings is 2. The van der Waals surface area contributed by atoms with Gasteiger partial charge in [0, 0.05) is 52.7 Å². The number of halogens is 2. The molecule has 0 saturated heterocycles. The van der Waals surface area contributed by atoms with Gasteiger partial charge in [0.15, 0.2) is 0 Å². The van der Waals surface area contributed by atoms with Gasteiger partial charge >= 0.3 is 0 Å². The molecule has 2 aromatic heterocycles. The van der Waals surface area contributed by atoms with Crippen LogP contribution in [0.4, 0.5) is 0 Å². The zero-order valence-electron chi connectivity index (χ0n) is 22.1. The molecule has 0 saturated carbocycles. The van der Waals surface area contributed by atoms with E-state index in [4.69, 9.17) is 32.7 Å². The molecule has 4 rings (SSSR count). The highest BCUT2D eigenvalue weighted by molar-refractivity contribution is 6.39. The molecule has 1 N–H and O–H groups in total. The first-order valence-electron chi connectivity index (χ1n) is 12.2. The summed E-state index contributed by atoms with van der Waals surface area (Å²) in [4.78, 5) is 11.2. The molecule has 0 aliphatic rings. The van der Waals surface area contributed by atoms with Crippen molar-refractivity contribution in [2.24, 2.45) is 0 Å². The number of methoxy groups -OCH3 is 2. The molecule has 2 heterocycles. The first-order chi connectivity index (χ1) is 18.2. The number of hydrogen-bond acceptors (Lipinski definition) is 6. The van der Waals surface area contributed by atoms with E-state index in [-0.39, 0.29) is 0 Å². The molecule has 0 aliphatic carbocycles. The van der Waals surface area contributed by atoms with Crippen LogP contribution in [0.2, 0.25) is 10.0 Å². The van der Waals surface area contributed by atoms with Crippen molar-refractivity contribution in [1.82, 2.24) is 14.9 Å². The Morgan fingerprint density at radius 2 is 1.68 bits per heavy atom. The minimum absolute atomic E-state index is 0.412. The maximum atomic E-state index is 9.69. The Labute approximate surface area is 233 Å². The summed E-state index contributed by atoms with van der Waals surface area (Å²) in [6.45, 7) is 4.91. The van der Waals surface area contributed by atoms with Crippen molar-refractivity contribution < 1.29 is 14.6 Å². The Hall–Kier alpha value is -3.16. The first-order valence-corrected chi connectivity index (χ1v) is 13.0. The minimum Gasteiger partial charge on any atom is -0.496 e. The molecule has 1 atom stereocenters. The molecule has 0 amide bonds. The van der Waals surface area contributed by atoms with Crippen LogP contribution in [-0.4, -0.2) is 53.9 Å². The van der Waals surface area contributed by atoms with Gasteiger partial charge in [0.05, 0.1) is 41.8 Å². The quantitative estimate of drug-likeness (QED) is 0.243. The fourth-order valence-electron chi connectivity index (χ4n) is 4.49. The van der Waals surface area contributed by atoms with Crippen molar-refractivity contribution in [3.05, 3.63) is 82.0 Å². The van der Waals surface area contributed by atoms with Gasteiger partial charge in [0.1, 0.15) is 5.75 Å². The molecule has 0 fully saturated rings. The Balaban J connectivity index is 1.73. The second-order valence-electron chi connectivity index (χ2n) is 9.28. The number of nitrogens with zero attached hydrogens (tertiary/aromatic N) is 3. The molecule has 0 aliphatic heterocycles. The van der Waals surface area contributed by atoms with E-state index in [9.17, 15) is 5.11 Å². The molecular formula is C30H31Cl2N3O3. The van der Waals surface area contributed by atoms with Crippen molar-refractivity contribution in [3.63, 3.8) is 0 Å². The van der Waals surface area contributed by atoms with Gasteiger partial charge in [-0.05, 0) is 39.1 Å². The predicted octanol–water partition coefficient (Wildman–Crippen LogP) is 6.92. The van der Waals surface area contributed by atoms with E-state index >= 15 is 0 Å². The van der Waals surface area contributed by atoms with Crippen LogP contribution in [0.25, 0.3) is 33.6 Å². The Morgan fingerprint density at radius 1 is 0.947 bits per heavy atom. The number of pyridine rings is 2. The van der Waals surface area contributed by atoms with E-state index in [1.54, 1.807) is 27.3 Å². The van der Waals surface area contributed by atoms with Crippen LogP contribution in [0, 0.1) is 6.92 Å². The van der Waals surface area contributed by atoms with E-state index in [1.807, 2.05) is 73.5 Å². The molecule has 4 aromatic rings. The smallest absolute Gasteiger partial charge is 0.216 e. The van der Waals surface area contributed by atoms with E-state index in [1.165, 1.54) is 0 Å². The second kappa shape index (κ2) is 12.1. The van der Waals surface area contributed by atoms with Crippen LogP contribution in [0.3, 0.4) is 0 Å². The fourth-order valence-corrected chi connectivity index (χ4v) is 5.13. The van der Waals surface area contributed by atoms with Gasteiger partial charge in [-0.1, -0.05) is 59.6 Å². The SMILES string of the molecule is COc1cc(-c2nccc(-c3cccc(-c4ccc(C)c(OC)n4)c3Cl)c2Cl)ccc1CN(C)C[C@H](C)O. The van der Waals surface area contributed by atoms with E-state index in [0.717, 1.165) is 39.1 Å². The van der Waals surface area contributed by atoms with Crippen molar-refractivity contribution >= 4 is 23.2 Å². The summed E-state index contributed by atoms with van der Waals surface area (Å²) in [5.74, 6) is 1.28. The molecule has 6 nitrogen and oxygen atoms in total. The zero-order chi connectivity index (χ0) is 27.4. The summed E-state index contributed by atoms with van der Waals surface area (Å²) in [5.41, 5.74) is 6.44. The average Bonchev–Trinajstić information content (AvgIpc) is 2.89. The second-order valence-corrected chi connectivity index (χ2v) is 10.0. The lowest BCUT2D eigenvalue weighted by Gasteiger charge is -2.20. The predicted molar refractivity (Wildman–Crippen MR) is 154 cm³/mol. The molecule has 2 aromatic carbocycles. The molecule has 38 heavy (non-hydrogen) atoms. The summed E-state index contributed by atoms with van der Waals surface area (Å²) < 4.78 is 11.1. The Morgan fingerprint density at radius 3 is 2.39 bits per heavy atom. The minimum atomic E-state index is -0.412. The summed E-state index contributed by atoms with van der Waals surface area (Å²) in [6, 6.07) is 17.5. The number of rotatable bonds is 9.